The summed E-state index contributed by atoms with van der Waals surface area (Å²) in [7, 11) is 0. The number of fused-ring (bicyclic) bond motifs is 2. The molecule has 1 N–H and O–H groups in total. The topological polar surface area (TPSA) is 94.9 Å². The Hall–Kier alpha value is -3.88. The van der Waals surface area contributed by atoms with E-state index in [9.17, 15) is 9.90 Å². The average molecular weight is 461 g/mol. The number of aromatic nitrogens is 3. The lowest BCUT2D eigenvalue weighted by Gasteiger charge is -2.38. The van der Waals surface area contributed by atoms with Crippen molar-refractivity contribution in [2.75, 3.05) is 49.1 Å². The molecule has 176 valence electrons. The van der Waals surface area contributed by atoms with Crippen LogP contribution in [0.2, 0.25) is 0 Å². The van der Waals surface area contributed by atoms with Gasteiger partial charge in [0.2, 0.25) is 5.91 Å². The molecule has 1 aromatic carbocycles. The lowest BCUT2D eigenvalue weighted by Crippen LogP contribution is -2.49. The SMILES string of the molecule is C=CC(=O)N1CCN(c2nc(OCC)nc3c2CCN(c2cc(O)cc4cccnc24)C3)CC1. The molecule has 0 saturated carbocycles. The third-order valence-corrected chi connectivity index (χ3v) is 6.37. The number of carbonyl (C=O) groups is 1. The molecule has 9 heteroatoms. The van der Waals surface area contributed by atoms with Crippen LogP contribution in [0.15, 0.2) is 43.1 Å². The lowest BCUT2D eigenvalue weighted by molar-refractivity contribution is -0.126. The van der Waals surface area contributed by atoms with Crippen LogP contribution in [0.5, 0.6) is 11.8 Å². The molecule has 2 aromatic heterocycles. The number of phenolic OH excluding ortho intramolecular Hbond substituents is 1. The number of pyridine rings is 1. The molecule has 2 aliphatic heterocycles. The molecular weight excluding hydrogens is 432 g/mol. The number of ether oxygens (including phenoxy) is 1. The van der Waals surface area contributed by atoms with E-state index in [0.29, 0.717) is 45.3 Å². The van der Waals surface area contributed by atoms with Gasteiger partial charge in [-0.15, -0.1) is 0 Å². The van der Waals surface area contributed by atoms with Crippen LogP contribution >= 0.6 is 0 Å². The summed E-state index contributed by atoms with van der Waals surface area (Å²) in [6, 6.07) is 7.68. The van der Waals surface area contributed by atoms with Gasteiger partial charge in [0.25, 0.3) is 0 Å². The zero-order chi connectivity index (χ0) is 23.7. The Balaban J connectivity index is 1.47. The second-order valence-corrected chi connectivity index (χ2v) is 8.42. The first-order chi connectivity index (χ1) is 16.6. The summed E-state index contributed by atoms with van der Waals surface area (Å²) in [5, 5.41) is 11.2. The summed E-state index contributed by atoms with van der Waals surface area (Å²) in [5.41, 5.74) is 3.76. The Kier molecular flexibility index (Phi) is 5.91. The minimum absolute atomic E-state index is 0.0398. The van der Waals surface area contributed by atoms with Gasteiger partial charge in [-0.2, -0.15) is 9.97 Å². The fourth-order valence-corrected chi connectivity index (χ4v) is 4.72. The first-order valence-corrected chi connectivity index (χ1v) is 11.6. The van der Waals surface area contributed by atoms with Crippen molar-refractivity contribution < 1.29 is 14.6 Å². The van der Waals surface area contributed by atoms with Gasteiger partial charge in [0, 0.05) is 55.9 Å². The van der Waals surface area contributed by atoms with E-state index in [0.717, 1.165) is 46.6 Å². The van der Waals surface area contributed by atoms with Crippen LogP contribution in [-0.2, 0) is 17.8 Å². The Morgan fingerprint density at radius 1 is 1.18 bits per heavy atom. The molecular formula is C25H28N6O3. The van der Waals surface area contributed by atoms with Gasteiger partial charge in [-0.3, -0.25) is 9.78 Å². The number of benzene rings is 1. The van der Waals surface area contributed by atoms with Gasteiger partial charge in [0.15, 0.2) is 0 Å². The number of anilines is 2. The normalized spacial score (nSPS) is 15.9. The predicted octanol–water partition coefficient (Wildman–Crippen LogP) is 2.53. The van der Waals surface area contributed by atoms with Crippen LogP contribution in [-0.4, -0.2) is 70.2 Å². The molecule has 0 bridgehead atoms. The zero-order valence-corrected chi connectivity index (χ0v) is 19.3. The molecule has 0 unspecified atom stereocenters. The van der Waals surface area contributed by atoms with Gasteiger partial charge in [-0.05, 0) is 31.6 Å². The van der Waals surface area contributed by atoms with Crippen molar-refractivity contribution in [2.45, 2.75) is 19.9 Å². The maximum absolute atomic E-state index is 12.0. The fraction of sp³-hybridized carbons (Fsp3) is 0.360. The van der Waals surface area contributed by atoms with E-state index in [2.05, 4.69) is 21.4 Å². The molecule has 34 heavy (non-hydrogen) atoms. The number of carbonyl (C=O) groups excluding carboxylic acids is 1. The number of amides is 1. The number of rotatable bonds is 5. The van der Waals surface area contributed by atoms with Crippen LogP contribution in [0.25, 0.3) is 10.9 Å². The Morgan fingerprint density at radius 2 is 2.00 bits per heavy atom. The Morgan fingerprint density at radius 3 is 2.76 bits per heavy atom. The van der Waals surface area contributed by atoms with Crippen molar-refractivity contribution >= 4 is 28.3 Å². The van der Waals surface area contributed by atoms with E-state index in [4.69, 9.17) is 14.7 Å². The Labute approximate surface area is 198 Å². The summed E-state index contributed by atoms with van der Waals surface area (Å²) >= 11 is 0. The molecule has 9 nitrogen and oxygen atoms in total. The van der Waals surface area contributed by atoms with Gasteiger partial charge in [0.1, 0.15) is 11.6 Å². The molecule has 0 aliphatic carbocycles. The molecule has 1 saturated heterocycles. The molecule has 4 heterocycles. The van der Waals surface area contributed by atoms with Crippen LogP contribution in [0, 0.1) is 0 Å². The quantitative estimate of drug-likeness (QED) is 0.581. The summed E-state index contributed by atoms with van der Waals surface area (Å²) in [4.78, 5) is 32.3. The highest BCUT2D eigenvalue weighted by molar-refractivity contribution is 5.92. The van der Waals surface area contributed by atoms with E-state index < -0.39 is 0 Å². The van der Waals surface area contributed by atoms with Crippen molar-refractivity contribution in [2.24, 2.45) is 0 Å². The maximum Gasteiger partial charge on any atom is 0.318 e. The first-order valence-electron chi connectivity index (χ1n) is 11.6. The molecule has 1 amide bonds. The van der Waals surface area contributed by atoms with Crippen LogP contribution in [0.1, 0.15) is 18.2 Å². The van der Waals surface area contributed by atoms with Gasteiger partial charge in [0.05, 0.1) is 30.0 Å². The van der Waals surface area contributed by atoms with Crippen molar-refractivity contribution in [3.63, 3.8) is 0 Å². The first kappa shape index (κ1) is 21.9. The number of hydrogen-bond acceptors (Lipinski definition) is 8. The maximum atomic E-state index is 12.0. The average Bonchev–Trinajstić information content (AvgIpc) is 2.87. The van der Waals surface area contributed by atoms with E-state index in [-0.39, 0.29) is 11.7 Å². The molecule has 0 spiro atoms. The predicted molar refractivity (Wildman–Crippen MR) is 130 cm³/mol. The highest BCUT2D eigenvalue weighted by Gasteiger charge is 2.29. The molecule has 0 radical (unpaired) electrons. The Bertz CT molecular complexity index is 1240. The van der Waals surface area contributed by atoms with Crippen molar-refractivity contribution in [3.05, 3.63) is 54.4 Å². The number of phenols is 1. The molecule has 2 aliphatic rings. The molecule has 3 aromatic rings. The van der Waals surface area contributed by atoms with Gasteiger partial charge >= 0.3 is 6.01 Å². The van der Waals surface area contributed by atoms with E-state index in [1.54, 1.807) is 18.3 Å². The van der Waals surface area contributed by atoms with Gasteiger partial charge in [-0.1, -0.05) is 12.6 Å². The van der Waals surface area contributed by atoms with Crippen LogP contribution in [0.4, 0.5) is 11.5 Å². The third-order valence-electron chi connectivity index (χ3n) is 6.37. The monoisotopic (exact) mass is 460 g/mol. The number of piperazine rings is 1. The zero-order valence-electron chi connectivity index (χ0n) is 19.3. The molecule has 1 fully saturated rings. The lowest BCUT2D eigenvalue weighted by atomic mass is 10.0. The van der Waals surface area contributed by atoms with Gasteiger partial charge < -0.3 is 24.5 Å². The standard InChI is InChI=1S/C25H28N6O3/c1-3-22(33)29-10-12-30(13-11-29)24-19-7-9-31(16-20(19)27-25(28-24)34-4-2)21-15-18(32)14-17-6-5-8-26-23(17)21/h3,5-6,8,14-15,32H,1,4,7,9-13,16H2,2H3. The number of aromatic hydroxyl groups is 1. The van der Waals surface area contributed by atoms with Crippen LogP contribution in [0.3, 0.4) is 0 Å². The fourth-order valence-electron chi connectivity index (χ4n) is 4.72. The number of hydrogen-bond donors (Lipinski definition) is 1. The van der Waals surface area contributed by atoms with Crippen molar-refractivity contribution in [3.8, 4) is 11.8 Å². The summed E-state index contributed by atoms with van der Waals surface area (Å²) in [6.45, 7) is 9.94. The molecule has 5 rings (SSSR count). The second kappa shape index (κ2) is 9.17. The van der Waals surface area contributed by atoms with Crippen molar-refractivity contribution in [1.29, 1.82) is 0 Å². The summed E-state index contributed by atoms with van der Waals surface area (Å²) < 4.78 is 5.71. The summed E-state index contributed by atoms with van der Waals surface area (Å²) in [5.74, 6) is 1.06. The van der Waals surface area contributed by atoms with E-state index in [1.807, 2.05) is 24.0 Å². The third kappa shape index (κ3) is 4.09. The summed E-state index contributed by atoms with van der Waals surface area (Å²) in [6.07, 6.45) is 3.89. The highest BCUT2D eigenvalue weighted by atomic mass is 16.5. The van der Waals surface area contributed by atoms with Crippen molar-refractivity contribution in [1.82, 2.24) is 19.9 Å². The highest BCUT2D eigenvalue weighted by Crippen LogP contribution is 2.35. The smallest absolute Gasteiger partial charge is 0.318 e. The second-order valence-electron chi connectivity index (χ2n) is 8.42. The number of nitrogens with zero attached hydrogens (tertiary/aromatic N) is 6. The largest absolute Gasteiger partial charge is 0.508 e. The van der Waals surface area contributed by atoms with Crippen LogP contribution < -0.4 is 14.5 Å². The minimum Gasteiger partial charge on any atom is -0.508 e. The van der Waals surface area contributed by atoms with Gasteiger partial charge in [-0.25, -0.2) is 0 Å². The van der Waals surface area contributed by atoms with E-state index in [1.165, 1.54) is 6.08 Å². The minimum atomic E-state index is -0.0398. The molecule has 0 atom stereocenters. The van der Waals surface area contributed by atoms with E-state index >= 15 is 0 Å².